The fourth-order valence-electron chi connectivity index (χ4n) is 1.73. The number of phenolic OH excluding ortho intramolecular Hbond substituents is 1. The van der Waals surface area contributed by atoms with Crippen LogP contribution in [0.2, 0.25) is 0 Å². The van der Waals surface area contributed by atoms with Crippen LogP contribution >= 0.6 is 0 Å². The van der Waals surface area contributed by atoms with E-state index < -0.39 is 0 Å². The van der Waals surface area contributed by atoms with Crippen molar-refractivity contribution in [1.82, 2.24) is 10.5 Å². The zero-order valence-electron chi connectivity index (χ0n) is 10.2. The Hall–Kier alpha value is -2.30. The van der Waals surface area contributed by atoms with E-state index >= 15 is 0 Å². The Balaban J connectivity index is 2.08. The second-order valence-corrected chi connectivity index (χ2v) is 4.01. The van der Waals surface area contributed by atoms with Gasteiger partial charge in [0.05, 0.1) is 5.69 Å². The molecular weight excluding hydrogens is 232 g/mol. The van der Waals surface area contributed by atoms with E-state index in [2.05, 4.69) is 10.5 Å². The van der Waals surface area contributed by atoms with Crippen LogP contribution in [0.1, 0.15) is 27.4 Å². The molecule has 5 nitrogen and oxygen atoms in total. The van der Waals surface area contributed by atoms with E-state index in [0.29, 0.717) is 22.6 Å². The highest BCUT2D eigenvalue weighted by atomic mass is 16.5. The van der Waals surface area contributed by atoms with Gasteiger partial charge in [-0.1, -0.05) is 23.4 Å². The fourth-order valence-corrected chi connectivity index (χ4v) is 1.73. The number of carbonyl (C=O) groups is 1. The summed E-state index contributed by atoms with van der Waals surface area (Å²) in [6.07, 6.45) is 0. The maximum absolute atomic E-state index is 11.9. The lowest BCUT2D eigenvalue weighted by Gasteiger charge is -2.06. The molecule has 0 aliphatic carbocycles. The van der Waals surface area contributed by atoms with Crippen LogP contribution in [0.3, 0.4) is 0 Å². The van der Waals surface area contributed by atoms with Gasteiger partial charge in [0.25, 0.3) is 5.91 Å². The van der Waals surface area contributed by atoms with Gasteiger partial charge >= 0.3 is 0 Å². The Morgan fingerprint density at radius 3 is 2.72 bits per heavy atom. The van der Waals surface area contributed by atoms with Crippen LogP contribution in [-0.4, -0.2) is 16.2 Å². The van der Waals surface area contributed by atoms with E-state index in [-0.39, 0.29) is 18.2 Å². The Kier molecular flexibility index (Phi) is 3.32. The molecule has 0 radical (unpaired) electrons. The van der Waals surface area contributed by atoms with Crippen molar-refractivity contribution in [3.05, 3.63) is 46.8 Å². The highest BCUT2D eigenvalue weighted by Gasteiger charge is 2.17. The number of nitrogens with zero attached hydrogens (tertiary/aromatic N) is 1. The van der Waals surface area contributed by atoms with Crippen LogP contribution < -0.4 is 5.32 Å². The first-order chi connectivity index (χ1) is 8.59. The number of amides is 1. The number of phenols is 1. The number of benzene rings is 1. The summed E-state index contributed by atoms with van der Waals surface area (Å²) in [5, 5.41) is 16.0. The molecule has 2 aromatic rings. The highest BCUT2D eigenvalue weighted by molar-refractivity contribution is 5.96. The maximum Gasteiger partial charge on any atom is 0.257 e. The van der Waals surface area contributed by atoms with Gasteiger partial charge in [0.15, 0.2) is 0 Å². The normalized spacial score (nSPS) is 10.3. The monoisotopic (exact) mass is 246 g/mol. The van der Waals surface area contributed by atoms with Crippen molar-refractivity contribution in [2.24, 2.45) is 0 Å². The molecule has 0 saturated heterocycles. The molecule has 0 unspecified atom stereocenters. The van der Waals surface area contributed by atoms with Crippen LogP contribution in [-0.2, 0) is 6.54 Å². The number of hydrogen-bond acceptors (Lipinski definition) is 4. The number of aryl methyl sites for hydroxylation is 2. The lowest BCUT2D eigenvalue weighted by molar-refractivity contribution is 0.0948. The molecule has 1 aromatic heterocycles. The molecule has 1 aromatic carbocycles. The quantitative estimate of drug-likeness (QED) is 0.867. The van der Waals surface area contributed by atoms with Crippen LogP contribution in [0.15, 0.2) is 28.8 Å². The molecule has 0 fully saturated rings. The molecule has 0 aliphatic rings. The summed E-state index contributed by atoms with van der Waals surface area (Å²) in [6, 6.07) is 6.87. The summed E-state index contributed by atoms with van der Waals surface area (Å²) in [5.41, 5.74) is 1.67. The SMILES string of the molecule is Cc1noc(C)c1C(=O)NCc1ccccc1O. The Labute approximate surface area is 104 Å². The topological polar surface area (TPSA) is 75.4 Å². The summed E-state index contributed by atoms with van der Waals surface area (Å²) in [6.45, 7) is 3.66. The van der Waals surface area contributed by atoms with Gasteiger partial charge in [0.1, 0.15) is 17.1 Å². The van der Waals surface area contributed by atoms with Gasteiger partial charge in [-0.25, -0.2) is 0 Å². The Morgan fingerprint density at radius 2 is 2.11 bits per heavy atom. The first-order valence-corrected chi connectivity index (χ1v) is 5.57. The standard InChI is InChI=1S/C13H14N2O3/c1-8-12(9(2)18-15-8)13(17)14-7-10-5-3-4-6-11(10)16/h3-6,16H,7H2,1-2H3,(H,14,17). The zero-order valence-corrected chi connectivity index (χ0v) is 10.2. The third kappa shape index (κ3) is 2.34. The number of para-hydroxylation sites is 1. The van der Waals surface area contributed by atoms with Gasteiger partial charge in [-0.3, -0.25) is 4.79 Å². The highest BCUT2D eigenvalue weighted by Crippen LogP contribution is 2.16. The largest absolute Gasteiger partial charge is 0.508 e. The smallest absolute Gasteiger partial charge is 0.257 e. The maximum atomic E-state index is 11.9. The molecule has 94 valence electrons. The minimum Gasteiger partial charge on any atom is -0.508 e. The van der Waals surface area contributed by atoms with E-state index in [4.69, 9.17) is 4.52 Å². The van der Waals surface area contributed by atoms with Gasteiger partial charge in [-0.2, -0.15) is 0 Å². The van der Waals surface area contributed by atoms with E-state index in [0.717, 1.165) is 0 Å². The molecular formula is C13H14N2O3. The minimum atomic E-state index is -0.255. The van der Waals surface area contributed by atoms with E-state index in [1.807, 2.05) is 0 Å². The molecule has 18 heavy (non-hydrogen) atoms. The number of nitrogens with one attached hydrogen (secondary N) is 1. The molecule has 0 bridgehead atoms. The van der Waals surface area contributed by atoms with Gasteiger partial charge < -0.3 is 14.9 Å². The average Bonchev–Trinajstić information content (AvgIpc) is 2.68. The molecule has 5 heteroatoms. The van der Waals surface area contributed by atoms with Gasteiger partial charge in [0.2, 0.25) is 0 Å². The van der Waals surface area contributed by atoms with E-state index in [1.54, 1.807) is 38.1 Å². The summed E-state index contributed by atoms with van der Waals surface area (Å²) in [5.74, 6) is 0.397. The first kappa shape index (κ1) is 12.2. The first-order valence-electron chi connectivity index (χ1n) is 5.57. The van der Waals surface area contributed by atoms with Gasteiger partial charge in [-0.15, -0.1) is 0 Å². The van der Waals surface area contributed by atoms with Crippen molar-refractivity contribution >= 4 is 5.91 Å². The zero-order chi connectivity index (χ0) is 13.1. The molecule has 0 atom stereocenters. The van der Waals surface area contributed by atoms with Crippen molar-refractivity contribution in [3.63, 3.8) is 0 Å². The van der Waals surface area contributed by atoms with E-state index in [9.17, 15) is 9.90 Å². The van der Waals surface area contributed by atoms with Gasteiger partial charge in [0, 0.05) is 12.1 Å². The molecule has 0 spiro atoms. The predicted molar refractivity (Wildman–Crippen MR) is 65.3 cm³/mol. The number of carbonyl (C=O) groups excluding carboxylic acids is 1. The molecule has 1 amide bonds. The third-order valence-electron chi connectivity index (χ3n) is 2.69. The number of aromatic hydroxyl groups is 1. The van der Waals surface area contributed by atoms with Crippen LogP contribution in [0.25, 0.3) is 0 Å². The van der Waals surface area contributed by atoms with Crippen LogP contribution in [0.4, 0.5) is 0 Å². The van der Waals surface area contributed by atoms with Crippen molar-refractivity contribution in [1.29, 1.82) is 0 Å². The molecule has 0 saturated carbocycles. The summed E-state index contributed by atoms with van der Waals surface area (Å²) < 4.78 is 4.93. The second kappa shape index (κ2) is 4.91. The van der Waals surface area contributed by atoms with Crippen molar-refractivity contribution < 1.29 is 14.4 Å². The van der Waals surface area contributed by atoms with Crippen LogP contribution in [0.5, 0.6) is 5.75 Å². The van der Waals surface area contributed by atoms with Crippen molar-refractivity contribution in [3.8, 4) is 5.75 Å². The lowest BCUT2D eigenvalue weighted by atomic mass is 10.1. The number of rotatable bonds is 3. The average molecular weight is 246 g/mol. The fraction of sp³-hybridized carbons (Fsp3) is 0.231. The number of aromatic nitrogens is 1. The summed E-state index contributed by atoms with van der Waals surface area (Å²) in [7, 11) is 0. The number of hydrogen-bond donors (Lipinski definition) is 2. The molecule has 2 rings (SSSR count). The molecule has 2 N–H and O–H groups in total. The Morgan fingerprint density at radius 1 is 1.39 bits per heavy atom. The van der Waals surface area contributed by atoms with Crippen LogP contribution in [0, 0.1) is 13.8 Å². The van der Waals surface area contributed by atoms with Crippen molar-refractivity contribution in [2.75, 3.05) is 0 Å². The van der Waals surface area contributed by atoms with Gasteiger partial charge in [-0.05, 0) is 19.9 Å². The minimum absolute atomic E-state index is 0.163. The molecule has 1 heterocycles. The van der Waals surface area contributed by atoms with Crippen molar-refractivity contribution in [2.45, 2.75) is 20.4 Å². The van der Waals surface area contributed by atoms with E-state index in [1.165, 1.54) is 0 Å². The third-order valence-corrected chi connectivity index (χ3v) is 2.69. The summed E-state index contributed by atoms with van der Waals surface area (Å²) in [4.78, 5) is 11.9. The predicted octanol–water partition coefficient (Wildman–Crippen LogP) is 1.93. The second-order valence-electron chi connectivity index (χ2n) is 4.01. The summed E-state index contributed by atoms with van der Waals surface area (Å²) >= 11 is 0. The lowest BCUT2D eigenvalue weighted by Crippen LogP contribution is -2.23. The molecule has 0 aliphatic heterocycles. The Bertz CT molecular complexity index is 556.